The molecule has 17 aromatic carbocycles. The van der Waals surface area contributed by atoms with Crippen LogP contribution in [0.5, 0.6) is 0 Å². The molecule has 6 nitrogen and oxygen atoms in total. The van der Waals surface area contributed by atoms with Gasteiger partial charge in [-0.05, 0) is 268 Å². The number of rotatable bonds is 12. The Labute approximate surface area is 759 Å². The summed E-state index contributed by atoms with van der Waals surface area (Å²) in [5.41, 5.74) is 38.3. The van der Waals surface area contributed by atoms with E-state index in [9.17, 15) is 0 Å². The Morgan fingerprint density at radius 3 is 0.938 bits per heavy atom. The number of aromatic nitrogens is 3. The van der Waals surface area contributed by atoms with E-state index in [2.05, 4.69) is 508 Å². The van der Waals surface area contributed by atoms with Crippen molar-refractivity contribution in [3.63, 3.8) is 0 Å². The van der Waals surface area contributed by atoms with Gasteiger partial charge in [-0.25, -0.2) is 0 Å². The zero-order valence-electron chi connectivity index (χ0n) is 76.6. The van der Waals surface area contributed by atoms with Crippen molar-refractivity contribution in [2.75, 3.05) is 14.7 Å². The van der Waals surface area contributed by atoms with Gasteiger partial charge in [0.25, 0.3) is 6.71 Å². The fraction of sp³-hybridized carbons (Fsp3) is 0.164. The minimum Gasteiger partial charge on any atom is -0.311 e. The van der Waals surface area contributed by atoms with Crippen LogP contribution in [0.1, 0.15) is 132 Å². The van der Waals surface area contributed by atoms with Crippen LogP contribution in [0, 0.1) is 0 Å². The maximum atomic E-state index is 2.75. The van der Waals surface area contributed by atoms with E-state index >= 15 is 0 Å². The highest BCUT2D eigenvalue weighted by atomic mass is 15.2. The molecule has 0 spiro atoms. The molecule has 0 amide bonds. The zero-order chi connectivity index (χ0) is 88.5. The van der Waals surface area contributed by atoms with Gasteiger partial charge in [-0.1, -0.05) is 316 Å². The third-order valence-corrected chi connectivity index (χ3v) is 27.5. The van der Waals surface area contributed by atoms with Gasteiger partial charge >= 0.3 is 0 Å². The van der Waals surface area contributed by atoms with Crippen LogP contribution in [-0.2, 0) is 27.1 Å². The molecular formula is C122H107BN6. The summed E-state index contributed by atoms with van der Waals surface area (Å²) < 4.78 is 7.73. The van der Waals surface area contributed by atoms with Crippen LogP contribution in [0.15, 0.2) is 376 Å². The van der Waals surface area contributed by atoms with Crippen molar-refractivity contribution in [1.82, 2.24) is 13.7 Å². The molecule has 129 heavy (non-hydrogen) atoms. The lowest BCUT2D eigenvalue weighted by Crippen LogP contribution is -2.61. The molecule has 0 bridgehead atoms. The Hall–Kier alpha value is -14.4. The monoisotopic (exact) mass is 1670 g/mol. The molecule has 0 atom stereocenters. The Kier molecular flexibility index (Phi) is 18.8. The van der Waals surface area contributed by atoms with Gasteiger partial charge in [0, 0.05) is 100 Å². The summed E-state index contributed by atoms with van der Waals surface area (Å²) in [6.45, 7) is 34.9. The molecule has 2 aliphatic heterocycles. The second-order valence-corrected chi connectivity index (χ2v) is 41.0. The topological polar surface area (TPSA) is 24.5 Å². The fourth-order valence-electron chi connectivity index (χ4n) is 20.6. The van der Waals surface area contributed by atoms with Crippen LogP contribution < -0.4 is 31.1 Å². The van der Waals surface area contributed by atoms with Gasteiger partial charge < -0.3 is 28.4 Å². The maximum Gasteiger partial charge on any atom is 0.252 e. The van der Waals surface area contributed by atoms with Gasteiger partial charge in [-0.15, -0.1) is 0 Å². The highest BCUT2D eigenvalue weighted by Gasteiger charge is 2.46. The number of hydrogen-bond donors (Lipinski definition) is 0. The summed E-state index contributed by atoms with van der Waals surface area (Å²) in [6, 6.07) is 144. The predicted octanol–water partition coefficient (Wildman–Crippen LogP) is 31.7. The fourth-order valence-corrected chi connectivity index (χ4v) is 20.6. The number of hydrogen-bond acceptors (Lipinski definition) is 3. The van der Waals surface area contributed by atoms with E-state index in [0.29, 0.717) is 0 Å². The second-order valence-electron chi connectivity index (χ2n) is 41.0. The molecule has 20 aromatic rings. The van der Waals surface area contributed by atoms with Crippen LogP contribution in [0.4, 0.5) is 51.2 Å². The lowest BCUT2D eigenvalue weighted by molar-refractivity contribution is 0.590. The standard InChI is InChI=1S/C122H107BN6/c1-118(2,3)84-50-59-107-99(67-84)100-68-85(119(4,5)6)51-60-108(100)125(107)92-54-57-104-112(74-92)128(94-65-82(78-36-22-16-23-37-78)64-83(66-94)79-38-24-17-25-39-79)114-76-95(127-106-49-35-34-48-96(106)103-73-91(56-63-111(103)127)124(89-44-30-20-31-45-89)90-46-32-21-33-47-90)77-115-116(114)123(104)105-58-55-93(126-109-61-52-86(120(7,8)9)69-101(109)102-70-87(121(10,11)12)53-62-110(102)126)75-113(105)129(115)117-97(80-40-26-18-27-41-80)71-88(122(13,14)15)72-98(117)81-42-28-19-29-43-81/h16-77H,1-15H3. The first kappa shape index (κ1) is 80.4. The highest BCUT2D eigenvalue weighted by Crippen LogP contribution is 2.55. The van der Waals surface area contributed by atoms with Gasteiger partial charge in [-0.2, -0.15) is 0 Å². The van der Waals surface area contributed by atoms with Gasteiger partial charge in [0.05, 0.1) is 44.5 Å². The third-order valence-electron chi connectivity index (χ3n) is 27.5. The van der Waals surface area contributed by atoms with Crippen molar-refractivity contribution in [1.29, 1.82) is 0 Å². The van der Waals surface area contributed by atoms with Crippen molar-refractivity contribution < 1.29 is 0 Å². The molecule has 7 heteroatoms. The van der Waals surface area contributed by atoms with Gasteiger partial charge in [0.15, 0.2) is 0 Å². The smallest absolute Gasteiger partial charge is 0.252 e. The lowest BCUT2D eigenvalue weighted by Gasteiger charge is -2.45. The number of benzene rings is 17. The van der Waals surface area contributed by atoms with E-state index < -0.39 is 0 Å². The summed E-state index contributed by atoms with van der Waals surface area (Å²) in [6.07, 6.45) is 0. The molecule has 0 saturated carbocycles. The Morgan fingerprint density at radius 1 is 0.209 bits per heavy atom. The van der Waals surface area contributed by atoms with Crippen molar-refractivity contribution in [2.24, 2.45) is 0 Å². The average molecular weight is 1670 g/mol. The number of nitrogens with zero attached hydrogens (tertiary/aromatic N) is 6. The number of fused-ring (bicyclic) bond motifs is 13. The first-order chi connectivity index (χ1) is 62.1. The van der Waals surface area contributed by atoms with Crippen molar-refractivity contribution in [3.8, 4) is 61.6 Å². The molecule has 2 aliphatic rings. The largest absolute Gasteiger partial charge is 0.311 e. The summed E-state index contributed by atoms with van der Waals surface area (Å²) in [5, 5.41) is 7.29. The Morgan fingerprint density at radius 2 is 0.535 bits per heavy atom. The van der Waals surface area contributed by atoms with Crippen molar-refractivity contribution in [2.45, 2.75) is 131 Å². The molecule has 0 fully saturated rings. The molecule has 0 aliphatic carbocycles. The van der Waals surface area contributed by atoms with E-state index in [-0.39, 0.29) is 33.8 Å². The Balaban J connectivity index is 0.923. The molecule has 0 unspecified atom stereocenters. The molecule has 3 aromatic heterocycles. The minimum absolute atomic E-state index is 0.0901. The second kappa shape index (κ2) is 30.1. The molecule has 0 saturated heterocycles. The number of anilines is 9. The van der Waals surface area contributed by atoms with E-state index in [1.807, 2.05) is 0 Å². The van der Waals surface area contributed by atoms with E-state index in [1.54, 1.807) is 0 Å². The van der Waals surface area contributed by atoms with Crippen LogP contribution >= 0.6 is 0 Å². The van der Waals surface area contributed by atoms with Crippen molar-refractivity contribution >= 4 is 140 Å². The van der Waals surface area contributed by atoms with Crippen LogP contribution in [-0.4, -0.2) is 20.4 Å². The lowest BCUT2D eigenvalue weighted by atomic mass is 9.33. The predicted molar refractivity (Wildman–Crippen MR) is 553 cm³/mol. The Bertz CT molecular complexity index is 7550. The van der Waals surface area contributed by atoms with Gasteiger partial charge in [-0.3, -0.25) is 0 Å². The van der Waals surface area contributed by atoms with Crippen LogP contribution in [0.3, 0.4) is 0 Å². The summed E-state index contributed by atoms with van der Waals surface area (Å²) in [7, 11) is 0. The first-order valence-corrected chi connectivity index (χ1v) is 45.9. The summed E-state index contributed by atoms with van der Waals surface area (Å²) in [4.78, 5) is 7.84. The maximum absolute atomic E-state index is 2.75. The quantitative estimate of drug-likeness (QED) is 0.114. The molecular weight excluding hydrogens is 1560 g/mol. The molecule has 0 radical (unpaired) electrons. The minimum atomic E-state index is -0.337. The molecule has 0 N–H and O–H groups in total. The van der Waals surface area contributed by atoms with Gasteiger partial charge in [0.2, 0.25) is 0 Å². The SMILES string of the molecule is CC(C)(C)c1cc(-c2ccccc2)c(N2c3cc(-n4c5ccc(C(C)(C)C)cc5c5cc(C(C)(C)C)ccc54)ccc3B3c4ccc(-n5c6ccc(C(C)(C)C)cc6c6cc(C(C)(C)C)ccc65)cc4N(c4cc(-c5ccccc5)cc(-c5ccccc5)c4)c4cc(-n5c6ccccc6c6cc(N(c7ccccc7)c7ccccc7)ccc65)cc2c43)c(-c2ccccc2)c1. The van der Waals surface area contributed by atoms with Crippen molar-refractivity contribution in [3.05, 3.63) is 404 Å². The first-order valence-electron chi connectivity index (χ1n) is 45.9. The normalized spacial score (nSPS) is 13.0. The summed E-state index contributed by atoms with van der Waals surface area (Å²) in [5.74, 6) is 0. The van der Waals surface area contributed by atoms with E-state index in [1.165, 1.54) is 87.8 Å². The molecule has 22 rings (SSSR count). The van der Waals surface area contributed by atoms with Crippen LogP contribution in [0.2, 0.25) is 0 Å². The van der Waals surface area contributed by atoms with E-state index in [4.69, 9.17) is 0 Å². The molecule has 5 heterocycles. The van der Waals surface area contributed by atoms with Gasteiger partial charge in [0.1, 0.15) is 0 Å². The highest BCUT2D eigenvalue weighted by molar-refractivity contribution is 7.00. The zero-order valence-corrected chi connectivity index (χ0v) is 76.6. The summed E-state index contributed by atoms with van der Waals surface area (Å²) >= 11 is 0. The number of para-hydroxylation sites is 3. The third kappa shape index (κ3) is 13.7. The van der Waals surface area contributed by atoms with Crippen LogP contribution in [0.25, 0.3) is 127 Å². The average Bonchev–Trinajstić information content (AvgIpc) is 1.40. The molecule has 628 valence electrons. The van der Waals surface area contributed by atoms with E-state index in [0.717, 1.165) is 135 Å².